The van der Waals surface area contributed by atoms with Crippen LogP contribution in [0.1, 0.15) is 6.04 Å². The zero-order chi connectivity index (χ0) is 13.9. The number of nitrogens with zero attached hydrogens (tertiary/aromatic N) is 4. The minimum atomic E-state index is -0.332. The lowest BCUT2D eigenvalue weighted by Crippen LogP contribution is -2.52. The fraction of sp³-hybridized carbons (Fsp3) is 0.308. The summed E-state index contributed by atoms with van der Waals surface area (Å²) in [5.74, 6) is 0.0456. The molecular weight excluding hydrogens is 263 g/mol. The van der Waals surface area contributed by atoms with Gasteiger partial charge in [0, 0.05) is 13.1 Å². The number of aromatic nitrogens is 3. The van der Waals surface area contributed by atoms with E-state index in [1.807, 2.05) is 0 Å². The first-order valence-corrected chi connectivity index (χ1v) is 6.24. The summed E-state index contributed by atoms with van der Waals surface area (Å²) in [4.78, 5) is 15.1. The summed E-state index contributed by atoms with van der Waals surface area (Å²) < 4.78 is 18.0. The molecule has 1 aliphatic rings. The number of halogens is 1. The molecule has 104 valence electrons. The summed E-state index contributed by atoms with van der Waals surface area (Å²) in [6.07, 6.45) is 3.23. The number of ether oxygens (including phenoxy) is 1. The summed E-state index contributed by atoms with van der Waals surface area (Å²) in [7, 11) is 0. The van der Waals surface area contributed by atoms with E-state index in [0.717, 1.165) is 0 Å². The van der Waals surface area contributed by atoms with Crippen molar-refractivity contribution in [2.75, 3.05) is 19.7 Å². The second-order valence-electron chi connectivity index (χ2n) is 4.54. The molecule has 7 heteroatoms. The molecule has 1 fully saturated rings. The third-order valence-electron chi connectivity index (χ3n) is 3.15. The highest BCUT2D eigenvalue weighted by molar-refractivity contribution is 5.78. The first-order chi connectivity index (χ1) is 9.72. The van der Waals surface area contributed by atoms with Crippen molar-refractivity contribution < 1.29 is 13.9 Å². The van der Waals surface area contributed by atoms with Gasteiger partial charge in [-0.05, 0) is 24.3 Å². The molecule has 2 heterocycles. The molecule has 3 rings (SSSR count). The number of carbonyl (C=O) groups is 1. The van der Waals surface area contributed by atoms with Crippen LogP contribution in [-0.2, 0) is 4.79 Å². The maximum atomic E-state index is 12.7. The third-order valence-corrected chi connectivity index (χ3v) is 3.15. The largest absolute Gasteiger partial charge is 0.484 e. The van der Waals surface area contributed by atoms with E-state index >= 15 is 0 Å². The number of amides is 1. The van der Waals surface area contributed by atoms with Crippen LogP contribution in [-0.4, -0.2) is 45.5 Å². The maximum absolute atomic E-state index is 12.7. The molecule has 0 aliphatic carbocycles. The SMILES string of the molecule is O=C(COc1ccc(F)cc1)N1CC(n2nccn2)C1. The van der Waals surface area contributed by atoms with Crippen molar-refractivity contribution in [3.63, 3.8) is 0 Å². The maximum Gasteiger partial charge on any atom is 0.260 e. The lowest BCUT2D eigenvalue weighted by atomic mass is 10.1. The molecule has 0 N–H and O–H groups in total. The van der Waals surface area contributed by atoms with E-state index in [1.165, 1.54) is 24.3 Å². The van der Waals surface area contributed by atoms with Gasteiger partial charge in [0.1, 0.15) is 17.6 Å². The fourth-order valence-electron chi connectivity index (χ4n) is 1.99. The zero-order valence-corrected chi connectivity index (χ0v) is 10.6. The van der Waals surface area contributed by atoms with Gasteiger partial charge < -0.3 is 9.64 Å². The van der Waals surface area contributed by atoms with Gasteiger partial charge in [-0.15, -0.1) is 0 Å². The van der Waals surface area contributed by atoms with Crippen LogP contribution in [0.5, 0.6) is 5.75 Å². The van der Waals surface area contributed by atoms with E-state index in [9.17, 15) is 9.18 Å². The number of likely N-dealkylation sites (tertiary alicyclic amines) is 1. The molecule has 1 amide bonds. The number of rotatable bonds is 4. The van der Waals surface area contributed by atoms with Gasteiger partial charge in [0.25, 0.3) is 5.91 Å². The number of benzene rings is 1. The number of hydrogen-bond donors (Lipinski definition) is 0. The second-order valence-corrected chi connectivity index (χ2v) is 4.54. The van der Waals surface area contributed by atoms with Crippen LogP contribution in [0, 0.1) is 5.82 Å². The van der Waals surface area contributed by atoms with Gasteiger partial charge in [0.15, 0.2) is 6.61 Å². The van der Waals surface area contributed by atoms with Gasteiger partial charge >= 0.3 is 0 Å². The van der Waals surface area contributed by atoms with Crippen LogP contribution in [0.3, 0.4) is 0 Å². The monoisotopic (exact) mass is 276 g/mol. The molecule has 0 saturated carbocycles. The van der Waals surface area contributed by atoms with Gasteiger partial charge in [-0.1, -0.05) is 0 Å². The van der Waals surface area contributed by atoms with Crippen molar-refractivity contribution in [3.05, 3.63) is 42.5 Å². The Balaban J connectivity index is 1.46. The number of carbonyl (C=O) groups excluding carboxylic acids is 1. The minimum Gasteiger partial charge on any atom is -0.484 e. The molecule has 2 aromatic rings. The summed E-state index contributed by atoms with van der Waals surface area (Å²) in [6.45, 7) is 1.12. The third kappa shape index (κ3) is 2.61. The quantitative estimate of drug-likeness (QED) is 0.831. The van der Waals surface area contributed by atoms with Crippen LogP contribution in [0.2, 0.25) is 0 Å². The lowest BCUT2D eigenvalue weighted by Gasteiger charge is -2.38. The average Bonchev–Trinajstić information content (AvgIpc) is 2.90. The Hall–Kier alpha value is -2.44. The molecule has 0 atom stereocenters. The molecule has 1 aliphatic heterocycles. The van der Waals surface area contributed by atoms with Crippen LogP contribution in [0.25, 0.3) is 0 Å². The van der Waals surface area contributed by atoms with E-state index < -0.39 is 0 Å². The zero-order valence-electron chi connectivity index (χ0n) is 10.6. The van der Waals surface area contributed by atoms with E-state index in [0.29, 0.717) is 18.8 Å². The highest BCUT2D eigenvalue weighted by Crippen LogP contribution is 2.19. The fourth-order valence-corrected chi connectivity index (χ4v) is 1.99. The molecule has 1 aromatic heterocycles. The van der Waals surface area contributed by atoms with E-state index in [1.54, 1.807) is 22.1 Å². The van der Waals surface area contributed by atoms with Crippen molar-refractivity contribution in [2.45, 2.75) is 6.04 Å². The van der Waals surface area contributed by atoms with Crippen molar-refractivity contribution in [1.29, 1.82) is 0 Å². The second kappa shape index (κ2) is 5.28. The molecule has 6 nitrogen and oxygen atoms in total. The Morgan fingerprint density at radius 2 is 1.90 bits per heavy atom. The van der Waals surface area contributed by atoms with Gasteiger partial charge in [0.2, 0.25) is 0 Å². The Bertz CT molecular complexity index is 579. The van der Waals surface area contributed by atoms with Gasteiger partial charge in [0.05, 0.1) is 12.4 Å². The molecule has 0 bridgehead atoms. The highest BCUT2D eigenvalue weighted by Gasteiger charge is 2.33. The summed E-state index contributed by atoms with van der Waals surface area (Å²) >= 11 is 0. The van der Waals surface area contributed by atoms with Gasteiger partial charge in [-0.25, -0.2) is 4.39 Å². The predicted molar refractivity (Wildman–Crippen MR) is 67.5 cm³/mol. The van der Waals surface area contributed by atoms with E-state index in [-0.39, 0.29) is 24.4 Å². The summed E-state index contributed by atoms with van der Waals surface area (Å²) in [5.41, 5.74) is 0. The van der Waals surface area contributed by atoms with Crippen molar-refractivity contribution >= 4 is 5.91 Å². The van der Waals surface area contributed by atoms with Crippen LogP contribution >= 0.6 is 0 Å². The minimum absolute atomic E-state index is 0.0507. The first kappa shape index (κ1) is 12.6. The Morgan fingerprint density at radius 1 is 1.25 bits per heavy atom. The number of hydrogen-bond acceptors (Lipinski definition) is 4. The topological polar surface area (TPSA) is 60.2 Å². The van der Waals surface area contributed by atoms with Crippen LogP contribution in [0.4, 0.5) is 4.39 Å². The molecule has 20 heavy (non-hydrogen) atoms. The van der Waals surface area contributed by atoms with Crippen molar-refractivity contribution in [2.24, 2.45) is 0 Å². The highest BCUT2D eigenvalue weighted by atomic mass is 19.1. The molecule has 1 saturated heterocycles. The van der Waals surface area contributed by atoms with Crippen LogP contribution < -0.4 is 4.74 Å². The Labute approximate surface area is 114 Å². The molecule has 0 spiro atoms. The molecule has 0 unspecified atom stereocenters. The average molecular weight is 276 g/mol. The lowest BCUT2D eigenvalue weighted by molar-refractivity contribution is -0.139. The van der Waals surface area contributed by atoms with E-state index in [2.05, 4.69) is 10.2 Å². The van der Waals surface area contributed by atoms with Crippen molar-refractivity contribution in [3.8, 4) is 5.75 Å². The van der Waals surface area contributed by atoms with Crippen LogP contribution in [0.15, 0.2) is 36.7 Å². The predicted octanol–water partition coefficient (Wildman–Crippen LogP) is 0.879. The van der Waals surface area contributed by atoms with E-state index in [4.69, 9.17) is 4.74 Å². The Kier molecular flexibility index (Phi) is 3.32. The smallest absolute Gasteiger partial charge is 0.260 e. The summed E-state index contributed by atoms with van der Waals surface area (Å²) in [5, 5.41) is 8.07. The Morgan fingerprint density at radius 3 is 2.55 bits per heavy atom. The normalized spacial score (nSPS) is 14.9. The van der Waals surface area contributed by atoms with Crippen molar-refractivity contribution in [1.82, 2.24) is 19.9 Å². The molecule has 0 radical (unpaired) electrons. The van der Waals surface area contributed by atoms with Gasteiger partial charge in [-0.2, -0.15) is 15.0 Å². The summed E-state index contributed by atoms with van der Waals surface area (Å²) in [6, 6.07) is 5.72. The first-order valence-electron chi connectivity index (χ1n) is 6.24. The standard InChI is InChI=1S/C13H13FN4O2/c14-10-1-3-12(4-2-10)20-9-13(19)17-7-11(8-17)18-15-5-6-16-18/h1-6,11H,7-9H2. The van der Waals surface area contributed by atoms with Gasteiger partial charge in [-0.3, -0.25) is 4.79 Å². The molecular formula is C13H13FN4O2. The molecule has 1 aromatic carbocycles.